The fourth-order valence-corrected chi connectivity index (χ4v) is 1.39. The highest BCUT2D eigenvalue weighted by Gasteiger charge is 2.16. The zero-order valence-electron chi connectivity index (χ0n) is 10.6. The minimum atomic E-state index is -2.80. The molecule has 1 unspecified atom stereocenters. The molecule has 5 heteroatoms. The van der Waals surface area contributed by atoms with Gasteiger partial charge in [-0.3, -0.25) is 0 Å². The van der Waals surface area contributed by atoms with Crippen molar-refractivity contribution < 1.29 is 18.6 Å². The third-order valence-electron chi connectivity index (χ3n) is 2.75. The molecule has 0 aliphatic carbocycles. The lowest BCUT2D eigenvalue weighted by atomic mass is 10.0. The lowest BCUT2D eigenvalue weighted by molar-refractivity contribution is -0.0498. The first-order valence-electron chi connectivity index (χ1n) is 5.90. The van der Waals surface area contributed by atoms with Crippen LogP contribution in [0.5, 0.6) is 5.75 Å². The van der Waals surface area contributed by atoms with Gasteiger partial charge in [-0.2, -0.15) is 8.78 Å². The maximum atomic E-state index is 11.9. The van der Waals surface area contributed by atoms with Crippen LogP contribution in [-0.4, -0.2) is 23.9 Å². The van der Waals surface area contributed by atoms with Crippen LogP contribution >= 0.6 is 0 Å². The molecule has 1 aromatic carbocycles. The molecule has 1 atom stereocenters. The average Bonchev–Trinajstić information content (AvgIpc) is 2.30. The van der Waals surface area contributed by atoms with Gasteiger partial charge in [0.15, 0.2) is 0 Å². The largest absolute Gasteiger partial charge is 0.435 e. The fraction of sp³-hybridized carbons (Fsp3) is 0.538. The second kappa shape index (κ2) is 6.66. The van der Waals surface area contributed by atoms with E-state index in [4.69, 9.17) is 0 Å². The Labute approximate surface area is 106 Å². The van der Waals surface area contributed by atoms with Crippen LogP contribution in [0.4, 0.5) is 8.78 Å². The molecule has 0 spiro atoms. The lowest BCUT2D eigenvalue weighted by Gasteiger charge is -2.21. The minimum absolute atomic E-state index is 0.148. The molecule has 3 nitrogen and oxygen atoms in total. The van der Waals surface area contributed by atoms with Crippen LogP contribution in [0.1, 0.15) is 25.8 Å². The Hall–Kier alpha value is -1.20. The van der Waals surface area contributed by atoms with Crippen molar-refractivity contribution in [2.45, 2.75) is 39.0 Å². The van der Waals surface area contributed by atoms with E-state index >= 15 is 0 Å². The highest BCUT2D eigenvalue weighted by atomic mass is 19.3. The van der Waals surface area contributed by atoms with Crippen LogP contribution in [0.3, 0.4) is 0 Å². The quantitative estimate of drug-likeness (QED) is 0.790. The Morgan fingerprint density at radius 1 is 1.33 bits per heavy atom. The molecule has 0 saturated heterocycles. The molecule has 0 aromatic heterocycles. The van der Waals surface area contributed by atoms with Gasteiger partial charge in [0.1, 0.15) is 5.75 Å². The van der Waals surface area contributed by atoms with Gasteiger partial charge in [0.25, 0.3) is 0 Å². The Bertz CT molecular complexity index is 353. The molecule has 0 amide bonds. The van der Waals surface area contributed by atoms with Crippen molar-refractivity contribution >= 4 is 0 Å². The van der Waals surface area contributed by atoms with E-state index in [1.165, 1.54) is 12.1 Å². The number of halogens is 2. The number of hydrogen-bond acceptors (Lipinski definition) is 3. The van der Waals surface area contributed by atoms with E-state index in [1.807, 2.05) is 6.92 Å². The number of aliphatic hydroxyl groups is 1. The molecule has 18 heavy (non-hydrogen) atoms. The molecule has 0 bridgehead atoms. The number of alkyl halides is 2. The summed E-state index contributed by atoms with van der Waals surface area (Å²) < 4.78 is 28.1. The van der Waals surface area contributed by atoms with Crippen molar-refractivity contribution in [3.63, 3.8) is 0 Å². The van der Waals surface area contributed by atoms with Crippen molar-refractivity contribution in [2.75, 3.05) is 6.54 Å². The van der Waals surface area contributed by atoms with E-state index in [0.29, 0.717) is 19.5 Å². The van der Waals surface area contributed by atoms with Crippen molar-refractivity contribution in [1.82, 2.24) is 5.32 Å². The van der Waals surface area contributed by atoms with E-state index in [2.05, 4.69) is 10.1 Å². The monoisotopic (exact) mass is 259 g/mol. The highest BCUT2D eigenvalue weighted by Crippen LogP contribution is 2.15. The lowest BCUT2D eigenvalue weighted by Crippen LogP contribution is -2.36. The molecule has 1 rings (SSSR count). The van der Waals surface area contributed by atoms with Gasteiger partial charge in [-0.25, -0.2) is 0 Å². The van der Waals surface area contributed by atoms with Crippen LogP contribution in [0.25, 0.3) is 0 Å². The molecule has 0 radical (unpaired) electrons. The van der Waals surface area contributed by atoms with Crippen molar-refractivity contribution in [2.24, 2.45) is 0 Å². The Morgan fingerprint density at radius 2 is 1.94 bits per heavy atom. The van der Waals surface area contributed by atoms with Crippen molar-refractivity contribution in [3.8, 4) is 5.75 Å². The first-order valence-corrected chi connectivity index (χ1v) is 5.90. The Morgan fingerprint density at radius 3 is 2.44 bits per heavy atom. The second-order valence-corrected chi connectivity index (χ2v) is 4.48. The van der Waals surface area contributed by atoms with Crippen LogP contribution in [-0.2, 0) is 6.54 Å². The van der Waals surface area contributed by atoms with E-state index < -0.39 is 12.2 Å². The molecular formula is C13H19F2NO2. The smallest absolute Gasteiger partial charge is 0.387 e. The van der Waals surface area contributed by atoms with E-state index in [1.54, 1.807) is 19.1 Å². The van der Waals surface area contributed by atoms with Crippen LogP contribution in [0.15, 0.2) is 24.3 Å². The number of nitrogens with one attached hydrogen (secondary N) is 1. The van der Waals surface area contributed by atoms with Gasteiger partial charge in [0.05, 0.1) is 5.60 Å². The molecular weight excluding hydrogens is 240 g/mol. The third-order valence-corrected chi connectivity index (χ3v) is 2.75. The first kappa shape index (κ1) is 14.9. The molecule has 102 valence electrons. The number of rotatable bonds is 7. The maximum absolute atomic E-state index is 11.9. The van der Waals surface area contributed by atoms with E-state index in [0.717, 1.165) is 5.56 Å². The first-order chi connectivity index (χ1) is 8.43. The summed E-state index contributed by atoms with van der Waals surface area (Å²) in [6.07, 6.45) is 0.668. The summed E-state index contributed by atoms with van der Waals surface area (Å²) in [6.45, 7) is 1.94. The summed E-state index contributed by atoms with van der Waals surface area (Å²) in [5.74, 6) is 0.148. The predicted molar refractivity (Wildman–Crippen MR) is 65.7 cm³/mol. The summed E-state index contributed by atoms with van der Waals surface area (Å²) in [7, 11) is 0. The molecule has 2 N–H and O–H groups in total. The fourth-order valence-electron chi connectivity index (χ4n) is 1.39. The van der Waals surface area contributed by atoms with Gasteiger partial charge < -0.3 is 15.2 Å². The minimum Gasteiger partial charge on any atom is -0.435 e. The normalized spacial score (nSPS) is 14.6. The van der Waals surface area contributed by atoms with Crippen molar-refractivity contribution in [1.29, 1.82) is 0 Å². The molecule has 0 aliphatic rings. The standard InChI is InChI=1S/C13H19F2NO2/c1-3-13(2,17)9-16-8-10-4-6-11(7-5-10)18-12(14)15/h4-7,12,16-17H,3,8-9H2,1-2H3. The summed E-state index contributed by atoms with van der Waals surface area (Å²) in [5.41, 5.74) is 0.224. The van der Waals surface area contributed by atoms with Crippen LogP contribution in [0.2, 0.25) is 0 Å². The predicted octanol–water partition coefficient (Wildman–Crippen LogP) is 2.54. The molecule has 0 saturated carbocycles. The van der Waals surface area contributed by atoms with E-state index in [-0.39, 0.29) is 5.75 Å². The number of ether oxygens (including phenoxy) is 1. The molecule has 0 heterocycles. The van der Waals surface area contributed by atoms with Crippen molar-refractivity contribution in [3.05, 3.63) is 29.8 Å². The van der Waals surface area contributed by atoms with Gasteiger partial charge in [-0.15, -0.1) is 0 Å². The molecule has 0 fully saturated rings. The summed E-state index contributed by atoms with van der Waals surface area (Å²) >= 11 is 0. The number of benzene rings is 1. The maximum Gasteiger partial charge on any atom is 0.387 e. The van der Waals surface area contributed by atoms with Gasteiger partial charge in [-0.1, -0.05) is 19.1 Å². The molecule has 0 aliphatic heterocycles. The van der Waals surface area contributed by atoms with Gasteiger partial charge in [0, 0.05) is 13.1 Å². The van der Waals surface area contributed by atoms with Crippen LogP contribution < -0.4 is 10.1 Å². The highest BCUT2D eigenvalue weighted by molar-refractivity contribution is 5.27. The summed E-state index contributed by atoms with van der Waals surface area (Å²) in [6, 6.07) is 6.43. The summed E-state index contributed by atoms with van der Waals surface area (Å²) in [4.78, 5) is 0. The topological polar surface area (TPSA) is 41.5 Å². The SMILES string of the molecule is CCC(C)(O)CNCc1ccc(OC(F)F)cc1. The second-order valence-electron chi connectivity index (χ2n) is 4.48. The van der Waals surface area contributed by atoms with Gasteiger partial charge >= 0.3 is 6.61 Å². The van der Waals surface area contributed by atoms with Gasteiger partial charge in [0.2, 0.25) is 0 Å². The third kappa shape index (κ3) is 5.42. The number of hydrogen-bond donors (Lipinski definition) is 2. The molecule has 1 aromatic rings. The summed E-state index contributed by atoms with van der Waals surface area (Å²) in [5, 5.41) is 12.9. The zero-order valence-corrected chi connectivity index (χ0v) is 10.6. The Kier molecular flexibility index (Phi) is 5.50. The van der Waals surface area contributed by atoms with Crippen LogP contribution in [0, 0.1) is 0 Å². The Balaban J connectivity index is 2.40. The van der Waals surface area contributed by atoms with Gasteiger partial charge in [-0.05, 0) is 31.0 Å². The zero-order chi connectivity index (χ0) is 13.6. The van der Waals surface area contributed by atoms with E-state index in [9.17, 15) is 13.9 Å². The average molecular weight is 259 g/mol.